The van der Waals surface area contributed by atoms with Crippen LogP contribution in [0.1, 0.15) is 11.3 Å². The molecule has 0 aliphatic carbocycles. The molecule has 0 spiro atoms. The number of fused-ring (bicyclic) bond motifs is 2. The van der Waals surface area contributed by atoms with Crippen LogP contribution in [0.25, 0.3) is 10.9 Å². The summed E-state index contributed by atoms with van der Waals surface area (Å²) in [4.78, 5) is 35.8. The topological polar surface area (TPSA) is 81.8 Å². The van der Waals surface area contributed by atoms with Gasteiger partial charge in [0.2, 0.25) is 11.5 Å². The van der Waals surface area contributed by atoms with Gasteiger partial charge >= 0.3 is 0 Å². The van der Waals surface area contributed by atoms with E-state index < -0.39 is 0 Å². The molecule has 1 aromatic carbocycles. The number of nitrogens with zero attached hydrogens (tertiary/aromatic N) is 2. The first-order chi connectivity index (χ1) is 10.7. The van der Waals surface area contributed by atoms with Crippen LogP contribution in [-0.2, 0) is 13.0 Å². The molecule has 110 valence electrons. The van der Waals surface area contributed by atoms with Crippen LogP contribution in [0.15, 0.2) is 46.0 Å². The van der Waals surface area contributed by atoms with E-state index >= 15 is 0 Å². The second kappa shape index (κ2) is 4.84. The normalized spacial score (nSPS) is 14.1. The van der Waals surface area contributed by atoms with Gasteiger partial charge in [-0.3, -0.25) is 14.6 Å². The third kappa shape index (κ3) is 2.09. The summed E-state index contributed by atoms with van der Waals surface area (Å²) in [6.45, 7) is 1.32. The Morgan fingerprint density at radius 1 is 1.05 bits per heavy atom. The maximum Gasteiger partial charge on any atom is 0.260 e. The Labute approximate surface area is 125 Å². The van der Waals surface area contributed by atoms with Gasteiger partial charge in [0.05, 0.1) is 10.9 Å². The van der Waals surface area contributed by atoms with E-state index in [0.29, 0.717) is 29.9 Å². The predicted octanol–water partition coefficient (Wildman–Crippen LogP) is 1.17. The number of rotatable bonds is 1. The van der Waals surface area contributed by atoms with E-state index in [4.69, 9.17) is 0 Å². The van der Waals surface area contributed by atoms with Gasteiger partial charge in [0.25, 0.3) is 5.56 Å². The molecular formula is C16H14N4O2. The Kier molecular flexibility index (Phi) is 2.82. The number of aromatic nitrogens is 3. The van der Waals surface area contributed by atoms with Crippen LogP contribution in [0, 0.1) is 0 Å². The van der Waals surface area contributed by atoms with Crippen molar-refractivity contribution in [2.75, 3.05) is 11.4 Å². The van der Waals surface area contributed by atoms with Crippen molar-refractivity contribution >= 4 is 16.9 Å². The number of benzene rings is 1. The highest BCUT2D eigenvalue weighted by Gasteiger charge is 2.19. The maximum absolute atomic E-state index is 12.2. The van der Waals surface area contributed by atoms with E-state index in [9.17, 15) is 9.59 Å². The summed E-state index contributed by atoms with van der Waals surface area (Å²) in [6, 6.07) is 10.7. The number of aromatic amines is 2. The van der Waals surface area contributed by atoms with Crippen LogP contribution in [0.3, 0.4) is 0 Å². The quantitative estimate of drug-likeness (QED) is 0.706. The minimum absolute atomic E-state index is 0.0792. The van der Waals surface area contributed by atoms with Gasteiger partial charge in [0.1, 0.15) is 0 Å². The molecule has 6 nitrogen and oxygen atoms in total. The Morgan fingerprint density at radius 3 is 2.82 bits per heavy atom. The van der Waals surface area contributed by atoms with E-state index in [2.05, 4.69) is 15.0 Å². The van der Waals surface area contributed by atoms with Gasteiger partial charge in [0, 0.05) is 31.3 Å². The van der Waals surface area contributed by atoms with Crippen LogP contribution in [0.4, 0.5) is 5.95 Å². The van der Waals surface area contributed by atoms with Crippen molar-refractivity contribution in [3.8, 4) is 0 Å². The molecule has 2 aromatic heterocycles. The summed E-state index contributed by atoms with van der Waals surface area (Å²) < 4.78 is 0. The van der Waals surface area contributed by atoms with Crippen LogP contribution in [0.5, 0.6) is 0 Å². The second-order valence-corrected chi connectivity index (χ2v) is 5.40. The van der Waals surface area contributed by atoms with Crippen LogP contribution in [0.2, 0.25) is 0 Å². The van der Waals surface area contributed by atoms with Gasteiger partial charge in [-0.1, -0.05) is 18.2 Å². The summed E-state index contributed by atoms with van der Waals surface area (Å²) in [5, 5.41) is 0.591. The third-order valence-corrected chi connectivity index (χ3v) is 3.99. The van der Waals surface area contributed by atoms with Crippen molar-refractivity contribution in [3.05, 3.63) is 68.4 Å². The lowest BCUT2D eigenvalue weighted by Gasteiger charge is -2.28. The molecule has 4 rings (SSSR count). The third-order valence-electron chi connectivity index (χ3n) is 3.99. The van der Waals surface area contributed by atoms with Crippen molar-refractivity contribution in [2.45, 2.75) is 13.0 Å². The van der Waals surface area contributed by atoms with Crippen LogP contribution < -0.4 is 16.0 Å². The standard InChI is InChI=1S/C16H14N4O2/c21-14-6-5-10-9-20(8-7-12(10)17-14)16-18-13-4-2-1-3-11(13)15(22)19-16/h1-6H,7-9H2,(H,17,21)(H,18,19,22). The number of hydrogen-bond donors (Lipinski definition) is 2. The summed E-state index contributed by atoms with van der Waals surface area (Å²) in [5.74, 6) is 0.570. The van der Waals surface area contributed by atoms with Crippen LogP contribution >= 0.6 is 0 Å². The number of para-hydroxylation sites is 1. The van der Waals surface area contributed by atoms with Crippen molar-refractivity contribution in [1.82, 2.24) is 15.0 Å². The average molecular weight is 294 g/mol. The lowest BCUT2D eigenvalue weighted by molar-refractivity contribution is 0.689. The molecule has 0 amide bonds. The molecule has 22 heavy (non-hydrogen) atoms. The Bertz CT molecular complexity index is 974. The monoisotopic (exact) mass is 294 g/mol. The lowest BCUT2D eigenvalue weighted by atomic mass is 10.1. The van der Waals surface area contributed by atoms with Crippen molar-refractivity contribution in [1.29, 1.82) is 0 Å². The molecule has 0 unspecified atom stereocenters. The van der Waals surface area contributed by atoms with Crippen molar-refractivity contribution in [2.24, 2.45) is 0 Å². The SMILES string of the molecule is O=c1ccc2c([nH]1)CCN(c1nc3ccccc3c(=O)[nH]1)C2. The van der Waals surface area contributed by atoms with Gasteiger partial charge in [0.15, 0.2) is 0 Å². The minimum Gasteiger partial charge on any atom is -0.338 e. The molecule has 0 saturated carbocycles. The van der Waals surface area contributed by atoms with E-state index in [1.807, 2.05) is 29.2 Å². The van der Waals surface area contributed by atoms with Gasteiger partial charge in [-0.2, -0.15) is 0 Å². The molecule has 0 bridgehead atoms. The zero-order valence-electron chi connectivity index (χ0n) is 11.8. The van der Waals surface area contributed by atoms with Crippen molar-refractivity contribution < 1.29 is 0 Å². The highest BCUT2D eigenvalue weighted by Crippen LogP contribution is 2.20. The summed E-state index contributed by atoms with van der Waals surface area (Å²) in [7, 11) is 0. The zero-order valence-corrected chi connectivity index (χ0v) is 11.8. The molecule has 1 aliphatic heterocycles. The van der Waals surface area contributed by atoms with Crippen molar-refractivity contribution in [3.63, 3.8) is 0 Å². The summed E-state index contributed by atoms with van der Waals surface area (Å²) >= 11 is 0. The fourth-order valence-corrected chi connectivity index (χ4v) is 2.85. The first-order valence-electron chi connectivity index (χ1n) is 7.16. The number of hydrogen-bond acceptors (Lipinski definition) is 4. The fourth-order valence-electron chi connectivity index (χ4n) is 2.85. The van der Waals surface area contributed by atoms with E-state index in [1.165, 1.54) is 6.07 Å². The van der Waals surface area contributed by atoms with Gasteiger partial charge < -0.3 is 9.88 Å². The number of H-pyrrole nitrogens is 2. The maximum atomic E-state index is 12.2. The molecule has 6 heteroatoms. The first kappa shape index (κ1) is 12.8. The predicted molar refractivity (Wildman–Crippen MR) is 84.2 cm³/mol. The number of pyridine rings is 1. The largest absolute Gasteiger partial charge is 0.338 e. The lowest BCUT2D eigenvalue weighted by Crippen LogP contribution is -2.34. The van der Waals surface area contributed by atoms with E-state index in [1.54, 1.807) is 6.07 Å². The molecule has 1 aliphatic rings. The molecule has 0 saturated heterocycles. The molecule has 3 heterocycles. The fraction of sp³-hybridized carbons (Fsp3) is 0.188. The molecule has 0 atom stereocenters. The van der Waals surface area contributed by atoms with Gasteiger partial charge in [-0.15, -0.1) is 0 Å². The summed E-state index contributed by atoms with van der Waals surface area (Å²) in [6.07, 6.45) is 0.724. The minimum atomic E-state index is -0.132. The molecule has 3 aromatic rings. The number of anilines is 1. The Balaban J connectivity index is 1.76. The van der Waals surface area contributed by atoms with Gasteiger partial charge in [-0.25, -0.2) is 4.98 Å². The Morgan fingerprint density at radius 2 is 1.91 bits per heavy atom. The smallest absolute Gasteiger partial charge is 0.260 e. The number of nitrogens with one attached hydrogen (secondary N) is 2. The van der Waals surface area contributed by atoms with Crippen LogP contribution in [-0.4, -0.2) is 21.5 Å². The molecule has 0 radical (unpaired) electrons. The zero-order chi connectivity index (χ0) is 15.1. The molecule has 0 fully saturated rings. The summed E-state index contributed by atoms with van der Waals surface area (Å²) in [5.41, 5.74) is 2.50. The average Bonchev–Trinajstić information content (AvgIpc) is 2.54. The van der Waals surface area contributed by atoms with Gasteiger partial charge in [-0.05, 0) is 17.7 Å². The molecular weight excluding hydrogens is 280 g/mol. The first-order valence-corrected chi connectivity index (χ1v) is 7.16. The van der Waals surface area contributed by atoms with E-state index in [-0.39, 0.29) is 11.1 Å². The Hall–Kier alpha value is -2.89. The molecule has 2 N–H and O–H groups in total. The highest BCUT2D eigenvalue weighted by molar-refractivity contribution is 5.78. The highest BCUT2D eigenvalue weighted by atomic mass is 16.1. The van der Waals surface area contributed by atoms with E-state index in [0.717, 1.165) is 17.7 Å². The second-order valence-electron chi connectivity index (χ2n) is 5.40.